The Morgan fingerprint density at radius 2 is 1.76 bits per heavy atom. The van der Waals surface area contributed by atoms with Crippen molar-refractivity contribution in [2.75, 3.05) is 31.6 Å². The highest BCUT2D eigenvalue weighted by Gasteiger charge is 2.39. The summed E-state index contributed by atoms with van der Waals surface area (Å²) in [6.07, 6.45) is -2.35. The van der Waals surface area contributed by atoms with Gasteiger partial charge < -0.3 is 19.9 Å². The molecule has 4 rings (SSSR count). The molecule has 12 heteroatoms. The highest BCUT2D eigenvalue weighted by atomic mass is 32.2. The van der Waals surface area contributed by atoms with Crippen LogP contribution in [0.2, 0.25) is 0 Å². The zero-order valence-corrected chi connectivity index (χ0v) is 27.3. The number of nitrogens with zero attached hydrogens (tertiary/aromatic N) is 2. The molecule has 3 aromatic rings. The Hall–Kier alpha value is -4.26. The predicted octanol–water partition coefficient (Wildman–Crippen LogP) is 4.05. The van der Waals surface area contributed by atoms with Crippen molar-refractivity contribution in [1.82, 2.24) is 9.62 Å². The maximum atomic E-state index is 13.8. The van der Waals surface area contributed by atoms with Gasteiger partial charge in [0, 0.05) is 24.3 Å². The molecule has 1 aliphatic heterocycles. The van der Waals surface area contributed by atoms with E-state index in [-0.39, 0.29) is 42.7 Å². The minimum atomic E-state index is -4.03. The van der Waals surface area contributed by atoms with E-state index in [0.717, 1.165) is 5.56 Å². The molecule has 0 saturated carbocycles. The van der Waals surface area contributed by atoms with E-state index in [1.54, 1.807) is 36.4 Å². The second-order valence-corrected chi connectivity index (χ2v) is 13.4. The zero-order chi connectivity index (χ0) is 33.4. The van der Waals surface area contributed by atoms with Crippen LogP contribution in [0.15, 0.2) is 83.8 Å². The first-order valence-electron chi connectivity index (χ1n) is 15.2. The average Bonchev–Trinajstić information content (AvgIpc) is 3.46. The largest absolute Gasteiger partial charge is 0.497 e. The monoisotopic (exact) mass is 651 g/mol. The smallest absolute Gasteiger partial charge is 0.415 e. The average molecular weight is 652 g/mol. The van der Waals surface area contributed by atoms with Crippen LogP contribution in [-0.2, 0) is 26.0 Å². The Kier molecular flexibility index (Phi) is 11.5. The minimum Gasteiger partial charge on any atom is -0.497 e. The Morgan fingerprint density at radius 3 is 2.39 bits per heavy atom. The van der Waals surface area contributed by atoms with E-state index in [1.807, 2.05) is 44.2 Å². The summed E-state index contributed by atoms with van der Waals surface area (Å²) in [7, 11) is -2.53. The molecule has 1 aliphatic rings. The summed E-state index contributed by atoms with van der Waals surface area (Å²) in [5.41, 5.74) is 1.64. The van der Waals surface area contributed by atoms with Crippen molar-refractivity contribution in [1.29, 1.82) is 0 Å². The van der Waals surface area contributed by atoms with E-state index >= 15 is 0 Å². The van der Waals surface area contributed by atoms with Crippen molar-refractivity contribution in [2.45, 2.75) is 56.8 Å². The van der Waals surface area contributed by atoms with Crippen molar-refractivity contribution in [2.24, 2.45) is 5.92 Å². The molecular formula is C34H41N3O8S. The number of benzene rings is 3. The molecule has 246 valence electrons. The topological polar surface area (TPSA) is 143 Å². The standard InChI is InChI=1S/C34H41N3O8S/c1-5-23(2)20-36(46(42,43)29-16-14-28(44-4)15-17-29)21-31(39)30(18-25-10-7-6-8-11-25)35-33(40)32-22-37(34(41)45-32)27-13-9-12-26(19-27)24(3)38/h6-17,19,23,30-32,39H,5,18,20-22H2,1-4H3,(H,35,40)/t23-,30-,31+,32?/m0/s1. The van der Waals surface area contributed by atoms with Crippen LogP contribution in [-0.4, -0.2) is 80.6 Å². The van der Waals surface area contributed by atoms with Crippen molar-refractivity contribution in [3.63, 3.8) is 0 Å². The van der Waals surface area contributed by atoms with Gasteiger partial charge in [0.05, 0.1) is 30.7 Å². The molecule has 0 bridgehead atoms. The van der Waals surface area contributed by atoms with Crippen LogP contribution in [0.25, 0.3) is 0 Å². The number of hydrogen-bond acceptors (Lipinski definition) is 8. The summed E-state index contributed by atoms with van der Waals surface area (Å²) in [5.74, 6) is -0.300. The van der Waals surface area contributed by atoms with Crippen LogP contribution in [0.1, 0.15) is 43.1 Å². The first-order chi connectivity index (χ1) is 21.9. The summed E-state index contributed by atoms with van der Waals surface area (Å²) in [6.45, 7) is 5.07. The Labute approximate surface area is 270 Å². The fourth-order valence-electron chi connectivity index (χ4n) is 5.11. The van der Waals surface area contributed by atoms with Crippen LogP contribution in [0.3, 0.4) is 0 Å². The number of rotatable bonds is 15. The Bertz CT molecular complexity index is 1610. The third-order valence-electron chi connectivity index (χ3n) is 8.06. The number of hydrogen-bond donors (Lipinski definition) is 2. The van der Waals surface area contributed by atoms with Crippen molar-refractivity contribution < 1.29 is 37.4 Å². The number of methoxy groups -OCH3 is 1. The van der Waals surface area contributed by atoms with Gasteiger partial charge in [-0.05, 0) is 61.2 Å². The van der Waals surface area contributed by atoms with Gasteiger partial charge in [-0.15, -0.1) is 0 Å². The number of nitrogens with one attached hydrogen (secondary N) is 1. The molecule has 0 radical (unpaired) electrons. The lowest BCUT2D eigenvalue weighted by molar-refractivity contribution is -0.129. The number of anilines is 1. The highest BCUT2D eigenvalue weighted by molar-refractivity contribution is 7.89. The van der Waals surface area contributed by atoms with Crippen LogP contribution >= 0.6 is 0 Å². The van der Waals surface area contributed by atoms with E-state index in [0.29, 0.717) is 23.4 Å². The van der Waals surface area contributed by atoms with Crippen LogP contribution in [0.5, 0.6) is 5.75 Å². The van der Waals surface area contributed by atoms with E-state index in [1.165, 1.54) is 35.4 Å². The zero-order valence-electron chi connectivity index (χ0n) is 26.5. The van der Waals surface area contributed by atoms with E-state index < -0.39 is 40.3 Å². The second kappa shape index (κ2) is 15.4. The highest BCUT2D eigenvalue weighted by Crippen LogP contribution is 2.25. The fraction of sp³-hybridized carbons (Fsp3) is 0.382. The molecule has 1 heterocycles. The SMILES string of the molecule is CC[C@H](C)CN(C[C@@H](O)[C@H](Cc1ccccc1)NC(=O)C1CN(c2cccc(C(C)=O)c2)C(=O)O1)S(=O)(=O)c1ccc(OC)cc1. The van der Waals surface area contributed by atoms with Crippen molar-refractivity contribution in [3.8, 4) is 5.75 Å². The van der Waals surface area contributed by atoms with E-state index in [9.17, 15) is 27.9 Å². The molecule has 4 atom stereocenters. The van der Waals surface area contributed by atoms with Gasteiger partial charge in [0.15, 0.2) is 11.9 Å². The Balaban J connectivity index is 1.56. The summed E-state index contributed by atoms with van der Waals surface area (Å²) < 4.78 is 39.4. The number of cyclic esters (lactones) is 1. The van der Waals surface area contributed by atoms with Crippen molar-refractivity contribution >= 4 is 33.5 Å². The van der Waals surface area contributed by atoms with Gasteiger partial charge >= 0.3 is 6.09 Å². The lowest BCUT2D eigenvalue weighted by Gasteiger charge is -2.31. The maximum absolute atomic E-state index is 13.8. The van der Waals surface area contributed by atoms with Gasteiger partial charge in [0.1, 0.15) is 5.75 Å². The van der Waals surface area contributed by atoms with E-state index in [4.69, 9.17) is 9.47 Å². The molecule has 0 spiro atoms. The van der Waals surface area contributed by atoms with Gasteiger partial charge in [0.25, 0.3) is 5.91 Å². The molecule has 1 unspecified atom stereocenters. The number of ketones is 1. The molecule has 46 heavy (non-hydrogen) atoms. The van der Waals surface area contributed by atoms with Gasteiger partial charge in [-0.25, -0.2) is 13.2 Å². The summed E-state index contributed by atoms with van der Waals surface area (Å²) in [5, 5.41) is 14.4. The van der Waals surface area contributed by atoms with Crippen LogP contribution < -0.4 is 15.0 Å². The normalized spacial score (nSPS) is 16.9. The molecule has 2 amide bonds. The minimum absolute atomic E-state index is 0.00669. The number of Topliss-reactive ketones (excluding diaryl/α,β-unsaturated/α-hetero) is 1. The molecule has 3 aromatic carbocycles. The van der Waals surface area contributed by atoms with Gasteiger partial charge in [-0.3, -0.25) is 14.5 Å². The van der Waals surface area contributed by atoms with Gasteiger partial charge in [-0.2, -0.15) is 4.31 Å². The number of aliphatic hydroxyl groups excluding tert-OH is 1. The summed E-state index contributed by atoms with van der Waals surface area (Å²) in [6, 6.07) is 20.8. The van der Waals surface area contributed by atoms with Crippen LogP contribution in [0.4, 0.5) is 10.5 Å². The number of amides is 2. The number of carbonyl (C=O) groups is 3. The number of aliphatic hydroxyl groups is 1. The molecule has 11 nitrogen and oxygen atoms in total. The number of ether oxygens (including phenoxy) is 2. The second-order valence-electron chi connectivity index (χ2n) is 11.5. The first kappa shape index (κ1) is 34.6. The predicted molar refractivity (Wildman–Crippen MR) is 173 cm³/mol. The lowest BCUT2D eigenvalue weighted by atomic mass is 10.0. The van der Waals surface area contributed by atoms with Crippen molar-refractivity contribution in [3.05, 3.63) is 90.0 Å². The summed E-state index contributed by atoms with van der Waals surface area (Å²) >= 11 is 0. The summed E-state index contributed by atoms with van der Waals surface area (Å²) in [4.78, 5) is 39.4. The van der Waals surface area contributed by atoms with Gasteiger partial charge in [-0.1, -0.05) is 62.7 Å². The molecular weight excluding hydrogens is 610 g/mol. The fourth-order valence-corrected chi connectivity index (χ4v) is 6.69. The molecule has 2 N–H and O–H groups in total. The lowest BCUT2D eigenvalue weighted by Crippen LogP contribution is -2.53. The van der Waals surface area contributed by atoms with Crippen LogP contribution in [0, 0.1) is 5.92 Å². The third kappa shape index (κ3) is 8.51. The molecule has 0 aromatic heterocycles. The first-order valence-corrected chi connectivity index (χ1v) is 16.6. The van der Waals surface area contributed by atoms with Gasteiger partial charge in [0.2, 0.25) is 10.0 Å². The molecule has 1 fully saturated rings. The third-order valence-corrected chi connectivity index (χ3v) is 9.91. The number of sulfonamides is 1. The van der Waals surface area contributed by atoms with E-state index in [2.05, 4.69) is 5.32 Å². The molecule has 1 saturated heterocycles. The quantitative estimate of drug-likeness (QED) is 0.235. The number of carbonyl (C=O) groups excluding carboxylic acids is 3. The maximum Gasteiger partial charge on any atom is 0.415 e. The Morgan fingerprint density at radius 1 is 1.07 bits per heavy atom. The molecule has 0 aliphatic carbocycles.